The van der Waals surface area contributed by atoms with Crippen molar-refractivity contribution in [2.75, 3.05) is 5.32 Å². The number of halogens is 2. The molecule has 2 rings (SSSR count). The van der Waals surface area contributed by atoms with E-state index < -0.39 is 5.76 Å². The highest BCUT2D eigenvalue weighted by atomic mass is 32.2. The smallest absolute Gasteiger partial charge is 0.288 e. The average Bonchev–Trinajstić information content (AvgIpc) is 2.39. The molecule has 0 spiro atoms. The summed E-state index contributed by atoms with van der Waals surface area (Å²) in [6, 6.07) is 10.1. The van der Waals surface area contributed by atoms with Crippen LogP contribution >= 0.6 is 11.8 Å². The summed E-state index contributed by atoms with van der Waals surface area (Å²) in [5.41, 5.74) is 1.36. The van der Waals surface area contributed by atoms with Gasteiger partial charge >= 0.3 is 0 Å². The first kappa shape index (κ1) is 13.6. The molecule has 0 aliphatic heterocycles. The Bertz CT molecular complexity index is 534. The van der Waals surface area contributed by atoms with Gasteiger partial charge in [-0.05, 0) is 24.3 Å². The van der Waals surface area contributed by atoms with Gasteiger partial charge in [0.1, 0.15) is 5.75 Å². The molecule has 0 bridgehead atoms. The van der Waals surface area contributed by atoms with Crippen molar-refractivity contribution in [3.8, 4) is 5.75 Å². The highest BCUT2D eigenvalue weighted by Gasteiger charge is 2.09. The molecular weight excluding hydrogens is 270 g/mol. The molecule has 0 saturated carbocycles. The van der Waals surface area contributed by atoms with Crippen LogP contribution in [-0.4, -0.2) is 15.8 Å². The summed E-state index contributed by atoms with van der Waals surface area (Å²) < 4.78 is 24.8. The third-order valence-electron chi connectivity index (χ3n) is 2.37. The summed E-state index contributed by atoms with van der Waals surface area (Å²) >= 11 is 0.506. The zero-order valence-electron chi connectivity index (χ0n) is 9.88. The lowest BCUT2D eigenvalue weighted by Crippen LogP contribution is -2.02. The van der Waals surface area contributed by atoms with Gasteiger partial charge in [0, 0.05) is 10.6 Å². The molecule has 2 N–H and O–H groups in total. The topological polar surface area (TPSA) is 45.1 Å². The summed E-state index contributed by atoms with van der Waals surface area (Å²) in [5.74, 6) is -2.35. The molecule has 3 nitrogen and oxygen atoms in total. The lowest BCUT2D eigenvalue weighted by molar-refractivity contribution is 0.252. The predicted octanol–water partition coefficient (Wildman–Crippen LogP) is 3.71. The number of pyridine rings is 1. The van der Waals surface area contributed by atoms with Crippen LogP contribution in [0.2, 0.25) is 0 Å². The van der Waals surface area contributed by atoms with Crippen LogP contribution in [0.5, 0.6) is 5.75 Å². The van der Waals surface area contributed by atoms with Crippen molar-refractivity contribution in [3.05, 3.63) is 48.3 Å². The van der Waals surface area contributed by atoms with Crippen LogP contribution < -0.4 is 5.32 Å². The van der Waals surface area contributed by atoms with E-state index in [1.165, 1.54) is 12.3 Å². The largest absolute Gasteiger partial charge is 0.506 e. The summed E-state index contributed by atoms with van der Waals surface area (Å²) in [5, 5.41) is 12.2. The molecule has 0 atom stereocenters. The van der Waals surface area contributed by atoms with Crippen LogP contribution in [-0.2, 0) is 6.54 Å². The van der Waals surface area contributed by atoms with E-state index >= 15 is 0 Å². The normalized spacial score (nSPS) is 10.7. The molecule has 0 saturated heterocycles. The molecule has 1 aromatic heterocycles. The Morgan fingerprint density at radius 1 is 1.21 bits per heavy atom. The lowest BCUT2D eigenvalue weighted by atomic mass is 10.3. The van der Waals surface area contributed by atoms with Crippen molar-refractivity contribution < 1.29 is 13.9 Å². The molecular formula is C13H12F2N2OS. The van der Waals surface area contributed by atoms with E-state index in [4.69, 9.17) is 5.11 Å². The number of alkyl halides is 2. The fourth-order valence-corrected chi connectivity index (χ4v) is 2.13. The first-order valence-electron chi connectivity index (χ1n) is 5.57. The molecule has 6 heteroatoms. The molecule has 0 unspecified atom stereocenters. The number of anilines is 1. The minimum absolute atomic E-state index is 0.0948. The number of hydrogen-bond donors (Lipinski definition) is 2. The Labute approximate surface area is 113 Å². The van der Waals surface area contributed by atoms with Gasteiger partial charge in [-0.1, -0.05) is 23.9 Å². The molecule has 0 radical (unpaired) electrons. The third kappa shape index (κ3) is 4.10. The minimum atomic E-state index is -2.45. The number of aromatic hydroxyl groups is 1. The molecule has 1 aromatic carbocycles. The standard InChI is InChI=1S/C13H12F2N2OS/c14-13(15)19-12-4-2-1-3-11(12)17-7-9-5-6-10(18)8-16-9/h1-6,8,13,17-18H,7H2. The number of hydrogen-bond acceptors (Lipinski definition) is 4. The Morgan fingerprint density at radius 3 is 2.68 bits per heavy atom. The number of rotatable bonds is 5. The second-order valence-corrected chi connectivity index (χ2v) is 4.77. The van der Waals surface area contributed by atoms with Gasteiger partial charge in [0.05, 0.1) is 18.4 Å². The molecule has 0 aliphatic carbocycles. The Morgan fingerprint density at radius 2 is 2.00 bits per heavy atom. The first-order valence-corrected chi connectivity index (χ1v) is 6.45. The summed E-state index contributed by atoms with van der Waals surface area (Å²) in [6.07, 6.45) is 1.34. The highest BCUT2D eigenvalue weighted by molar-refractivity contribution is 7.99. The molecule has 2 aromatic rings. The second-order valence-electron chi connectivity index (χ2n) is 3.74. The lowest BCUT2D eigenvalue weighted by Gasteiger charge is -2.10. The van der Waals surface area contributed by atoms with Crippen LogP contribution in [0.3, 0.4) is 0 Å². The maximum Gasteiger partial charge on any atom is 0.288 e. The van der Waals surface area contributed by atoms with Crippen molar-refractivity contribution in [2.24, 2.45) is 0 Å². The zero-order valence-corrected chi connectivity index (χ0v) is 10.7. The summed E-state index contributed by atoms with van der Waals surface area (Å²) in [7, 11) is 0. The quantitative estimate of drug-likeness (QED) is 0.821. The number of thioether (sulfide) groups is 1. The van der Waals surface area contributed by atoms with E-state index in [1.54, 1.807) is 30.3 Å². The van der Waals surface area contributed by atoms with Gasteiger partial charge in [-0.2, -0.15) is 8.78 Å². The van der Waals surface area contributed by atoms with Crippen LogP contribution in [0, 0.1) is 0 Å². The van der Waals surface area contributed by atoms with Crippen molar-refractivity contribution >= 4 is 17.4 Å². The van der Waals surface area contributed by atoms with Crippen LogP contribution in [0.4, 0.5) is 14.5 Å². The van der Waals surface area contributed by atoms with Gasteiger partial charge < -0.3 is 10.4 Å². The Kier molecular flexibility index (Phi) is 4.57. The summed E-state index contributed by atoms with van der Waals surface area (Å²) in [4.78, 5) is 4.51. The predicted molar refractivity (Wildman–Crippen MR) is 71.5 cm³/mol. The number of benzene rings is 1. The van der Waals surface area contributed by atoms with E-state index in [1.807, 2.05) is 0 Å². The third-order valence-corrected chi connectivity index (χ3v) is 3.16. The number of para-hydroxylation sites is 1. The van der Waals surface area contributed by atoms with E-state index in [2.05, 4.69) is 10.3 Å². The number of aromatic nitrogens is 1. The maximum absolute atomic E-state index is 12.4. The summed E-state index contributed by atoms with van der Waals surface area (Å²) in [6.45, 7) is 0.404. The highest BCUT2D eigenvalue weighted by Crippen LogP contribution is 2.31. The van der Waals surface area contributed by atoms with Gasteiger partial charge in [0.15, 0.2) is 0 Å². The van der Waals surface area contributed by atoms with Crippen molar-refractivity contribution in [1.82, 2.24) is 4.98 Å². The first-order chi connectivity index (χ1) is 9.15. The monoisotopic (exact) mass is 282 g/mol. The maximum atomic E-state index is 12.4. The number of nitrogens with zero attached hydrogens (tertiary/aromatic N) is 1. The van der Waals surface area contributed by atoms with Gasteiger partial charge in [-0.3, -0.25) is 4.98 Å². The molecule has 100 valence electrons. The Balaban J connectivity index is 2.04. The average molecular weight is 282 g/mol. The fourth-order valence-electron chi connectivity index (χ4n) is 1.52. The molecule has 0 aliphatic rings. The van der Waals surface area contributed by atoms with E-state index in [9.17, 15) is 8.78 Å². The fraction of sp³-hybridized carbons (Fsp3) is 0.154. The van der Waals surface area contributed by atoms with Crippen molar-refractivity contribution in [1.29, 1.82) is 0 Å². The minimum Gasteiger partial charge on any atom is -0.506 e. The van der Waals surface area contributed by atoms with E-state index in [0.29, 0.717) is 28.9 Å². The van der Waals surface area contributed by atoms with E-state index in [-0.39, 0.29) is 5.75 Å². The molecule has 19 heavy (non-hydrogen) atoms. The van der Waals surface area contributed by atoms with Crippen LogP contribution in [0.25, 0.3) is 0 Å². The molecule has 0 fully saturated rings. The zero-order chi connectivity index (χ0) is 13.7. The Hall–Kier alpha value is -1.82. The van der Waals surface area contributed by atoms with Gasteiger partial charge in [0.2, 0.25) is 0 Å². The van der Waals surface area contributed by atoms with Crippen LogP contribution in [0.1, 0.15) is 5.69 Å². The van der Waals surface area contributed by atoms with Crippen LogP contribution in [0.15, 0.2) is 47.5 Å². The molecule has 1 heterocycles. The van der Waals surface area contributed by atoms with E-state index in [0.717, 1.165) is 5.69 Å². The number of nitrogens with one attached hydrogen (secondary N) is 1. The SMILES string of the molecule is Oc1ccc(CNc2ccccc2SC(F)F)nc1. The van der Waals surface area contributed by atoms with Crippen molar-refractivity contribution in [3.63, 3.8) is 0 Å². The van der Waals surface area contributed by atoms with Gasteiger partial charge in [-0.15, -0.1) is 0 Å². The van der Waals surface area contributed by atoms with Crippen molar-refractivity contribution in [2.45, 2.75) is 17.2 Å². The molecule has 0 amide bonds. The van der Waals surface area contributed by atoms with Gasteiger partial charge in [0.25, 0.3) is 5.76 Å². The van der Waals surface area contributed by atoms with Gasteiger partial charge in [-0.25, -0.2) is 0 Å². The second kappa shape index (κ2) is 6.38.